The molecule has 0 rings (SSSR count). The molecule has 0 aliphatic rings. The summed E-state index contributed by atoms with van der Waals surface area (Å²) in [6.07, 6.45) is 0.586. The molecule has 0 heterocycles. The Morgan fingerprint density at radius 1 is 1.26 bits per heavy atom. The maximum absolute atomic E-state index is 12.0. The summed E-state index contributed by atoms with van der Waals surface area (Å²) in [7, 11) is 0. The van der Waals surface area contributed by atoms with E-state index >= 15 is 0 Å². The van der Waals surface area contributed by atoms with Crippen LogP contribution in [0.15, 0.2) is 0 Å². The van der Waals surface area contributed by atoms with Crippen molar-refractivity contribution < 1.29 is 19.1 Å². The molecule has 0 aliphatic carbocycles. The van der Waals surface area contributed by atoms with Crippen molar-refractivity contribution in [2.45, 2.75) is 53.1 Å². The fourth-order valence-corrected chi connectivity index (χ4v) is 1.48. The zero-order valence-corrected chi connectivity index (χ0v) is 12.6. The number of Topliss-reactive ketones (excluding diaryl/α,β-unsaturated/α-hetero) is 1. The molecule has 5 heteroatoms. The second-order valence-electron chi connectivity index (χ2n) is 6.00. The van der Waals surface area contributed by atoms with Gasteiger partial charge in [-0.1, -0.05) is 13.8 Å². The van der Waals surface area contributed by atoms with E-state index in [4.69, 9.17) is 4.74 Å². The Labute approximate surface area is 115 Å². The van der Waals surface area contributed by atoms with Gasteiger partial charge in [0.2, 0.25) is 0 Å². The molecule has 0 aliphatic heterocycles. The smallest absolute Gasteiger partial charge is 0.410 e. The Balaban J connectivity index is 4.57. The van der Waals surface area contributed by atoms with Gasteiger partial charge in [0.05, 0.1) is 6.54 Å². The van der Waals surface area contributed by atoms with Gasteiger partial charge in [0, 0.05) is 19.4 Å². The van der Waals surface area contributed by atoms with Crippen LogP contribution in [-0.4, -0.2) is 41.8 Å². The summed E-state index contributed by atoms with van der Waals surface area (Å²) < 4.78 is 5.27. The number of ether oxygens (including phenoxy) is 1. The lowest BCUT2D eigenvalue weighted by Gasteiger charge is -2.28. The van der Waals surface area contributed by atoms with Crippen LogP contribution in [0.4, 0.5) is 4.79 Å². The molecule has 1 amide bonds. The summed E-state index contributed by atoms with van der Waals surface area (Å²) in [6.45, 7) is 9.75. The van der Waals surface area contributed by atoms with Gasteiger partial charge in [0.15, 0.2) is 5.78 Å². The molecule has 0 saturated carbocycles. The van der Waals surface area contributed by atoms with Gasteiger partial charge in [0.1, 0.15) is 11.9 Å². The summed E-state index contributed by atoms with van der Waals surface area (Å²) in [5, 5.41) is 0. The minimum atomic E-state index is -0.585. The van der Waals surface area contributed by atoms with E-state index in [0.717, 1.165) is 0 Å². The van der Waals surface area contributed by atoms with Crippen molar-refractivity contribution in [1.82, 2.24) is 4.90 Å². The van der Waals surface area contributed by atoms with E-state index < -0.39 is 11.7 Å². The van der Waals surface area contributed by atoms with Crippen LogP contribution in [0.5, 0.6) is 0 Å². The third kappa shape index (κ3) is 9.22. The number of carbonyl (C=O) groups is 3. The maximum atomic E-state index is 12.0. The summed E-state index contributed by atoms with van der Waals surface area (Å²) in [4.78, 5) is 35.3. The third-order valence-corrected chi connectivity index (χ3v) is 2.15. The quantitative estimate of drug-likeness (QED) is 0.667. The molecule has 0 aromatic heterocycles. The summed E-state index contributed by atoms with van der Waals surface area (Å²) in [6, 6.07) is 0. The summed E-state index contributed by atoms with van der Waals surface area (Å²) >= 11 is 0. The highest BCUT2D eigenvalue weighted by Crippen LogP contribution is 2.11. The van der Waals surface area contributed by atoms with Crippen molar-refractivity contribution in [3.63, 3.8) is 0 Å². The molecule has 0 N–H and O–H groups in total. The van der Waals surface area contributed by atoms with Crippen molar-refractivity contribution in [1.29, 1.82) is 0 Å². The van der Waals surface area contributed by atoms with Crippen molar-refractivity contribution in [2.75, 3.05) is 13.1 Å². The zero-order valence-electron chi connectivity index (χ0n) is 12.6. The molecular weight excluding hydrogens is 246 g/mol. The molecule has 0 fully saturated rings. The number of nitrogens with zero attached hydrogens (tertiary/aromatic N) is 1. The van der Waals surface area contributed by atoms with E-state index in [0.29, 0.717) is 12.8 Å². The van der Waals surface area contributed by atoms with E-state index in [2.05, 4.69) is 0 Å². The third-order valence-electron chi connectivity index (χ3n) is 2.15. The van der Waals surface area contributed by atoms with Crippen LogP contribution in [0.25, 0.3) is 0 Å². The number of rotatable bonds is 7. The van der Waals surface area contributed by atoms with Crippen molar-refractivity contribution >= 4 is 18.2 Å². The van der Waals surface area contributed by atoms with Gasteiger partial charge in [-0.2, -0.15) is 0 Å². The lowest BCUT2D eigenvalue weighted by atomic mass is 10.1. The molecule has 110 valence electrons. The van der Waals surface area contributed by atoms with E-state index in [1.807, 2.05) is 13.8 Å². The van der Waals surface area contributed by atoms with Gasteiger partial charge < -0.3 is 14.4 Å². The predicted octanol–water partition coefficient (Wildman–Crippen LogP) is 2.43. The highest BCUT2D eigenvalue weighted by atomic mass is 16.6. The van der Waals surface area contributed by atoms with Crippen molar-refractivity contribution in [3.8, 4) is 0 Å². The fourth-order valence-electron chi connectivity index (χ4n) is 1.48. The zero-order chi connectivity index (χ0) is 15.1. The van der Waals surface area contributed by atoms with Gasteiger partial charge in [-0.25, -0.2) is 4.79 Å². The van der Waals surface area contributed by atoms with Gasteiger partial charge in [0.25, 0.3) is 0 Å². The molecule has 0 spiro atoms. The first-order valence-electron chi connectivity index (χ1n) is 6.59. The second kappa shape index (κ2) is 7.92. The average molecular weight is 271 g/mol. The first-order valence-corrected chi connectivity index (χ1v) is 6.59. The Bertz CT molecular complexity index is 318. The lowest BCUT2D eigenvalue weighted by Crippen LogP contribution is -2.41. The Kier molecular flexibility index (Phi) is 7.34. The van der Waals surface area contributed by atoms with E-state index in [1.165, 1.54) is 4.90 Å². The fraction of sp³-hybridized carbons (Fsp3) is 0.786. The molecule has 0 aromatic carbocycles. The minimum absolute atomic E-state index is 0.000926. The number of hydrogen-bond acceptors (Lipinski definition) is 4. The Morgan fingerprint density at radius 3 is 2.26 bits per heavy atom. The minimum Gasteiger partial charge on any atom is -0.444 e. The van der Waals surface area contributed by atoms with E-state index in [-0.39, 0.29) is 31.1 Å². The SMILES string of the molecule is CC(C)CN(CC(=O)CCC=O)C(=O)OC(C)(C)C. The highest BCUT2D eigenvalue weighted by molar-refractivity contribution is 5.85. The predicted molar refractivity (Wildman–Crippen MR) is 73.0 cm³/mol. The number of aldehydes is 1. The first-order chi connectivity index (χ1) is 8.65. The lowest BCUT2D eigenvalue weighted by molar-refractivity contribution is -0.121. The van der Waals surface area contributed by atoms with Crippen LogP contribution in [0.2, 0.25) is 0 Å². The molecule has 0 unspecified atom stereocenters. The van der Waals surface area contributed by atoms with Crippen LogP contribution in [-0.2, 0) is 14.3 Å². The maximum Gasteiger partial charge on any atom is 0.410 e. The molecule has 0 bridgehead atoms. The van der Waals surface area contributed by atoms with E-state index in [9.17, 15) is 14.4 Å². The first kappa shape index (κ1) is 17.6. The number of ketones is 1. The van der Waals surface area contributed by atoms with Crippen LogP contribution >= 0.6 is 0 Å². The number of carbonyl (C=O) groups excluding carboxylic acids is 3. The number of hydrogen-bond donors (Lipinski definition) is 0. The largest absolute Gasteiger partial charge is 0.444 e. The Hall–Kier alpha value is -1.39. The van der Waals surface area contributed by atoms with Gasteiger partial charge in [-0.3, -0.25) is 4.79 Å². The summed E-state index contributed by atoms with van der Waals surface area (Å²) in [5.74, 6) is 0.116. The average Bonchev–Trinajstić information content (AvgIpc) is 2.22. The molecular formula is C14H25NO4. The van der Waals surface area contributed by atoms with Crippen molar-refractivity contribution in [2.24, 2.45) is 5.92 Å². The monoisotopic (exact) mass is 271 g/mol. The van der Waals surface area contributed by atoms with Crippen LogP contribution < -0.4 is 0 Å². The Morgan fingerprint density at radius 2 is 1.84 bits per heavy atom. The number of amides is 1. The second-order valence-corrected chi connectivity index (χ2v) is 6.00. The van der Waals surface area contributed by atoms with Crippen molar-refractivity contribution in [3.05, 3.63) is 0 Å². The van der Waals surface area contributed by atoms with Gasteiger partial charge in [-0.15, -0.1) is 0 Å². The van der Waals surface area contributed by atoms with Crippen LogP contribution in [0.3, 0.4) is 0 Å². The topological polar surface area (TPSA) is 63.7 Å². The van der Waals surface area contributed by atoms with E-state index in [1.54, 1.807) is 20.8 Å². The molecule has 0 aromatic rings. The van der Waals surface area contributed by atoms with Crippen LogP contribution in [0, 0.1) is 5.92 Å². The molecule has 0 radical (unpaired) electrons. The summed E-state index contributed by atoms with van der Waals surface area (Å²) in [5.41, 5.74) is -0.585. The normalized spacial score (nSPS) is 11.3. The molecule has 19 heavy (non-hydrogen) atoms. The molecule has 0 saturated heterocycles. The molecule has 0 atom stereocenters. The molecule has 5 nitrogen and oxygen atoms in total. The standard InChI is InChI=1S/C14H25NO4/c1-11(2)9-15(10-12(17)7-6-8-16)13(18)19-14(3,4)5/h8,11H,6-7,9-10H2,1-5H3. The van der Waals surface area contributed by atoms with Crippen LogP contribution in [0.1, 0.15) is 47.5 Å². The van der Waals surface area contributed by atoms with Gasteiger partial charge in [-0.05, 0) is 26.7 Å². The highest BCUT2D eigenvalue weighted by Gasteiger charge is 2.24. The van der Waals surface area contributed by atoms with Gasteiger partial charge >= 0.3 is 6.09 Å².